The Morgan fingerprint density at radius 3 is 2.94 bits per heavy atom. The van der Waals surface area contributed by atoms with Crippen LogP contribution in [0.25, 0.3) is 5.65 Å². The van der Waals surface area contributed by atoms with Crippen LogP contribution in [0.15, 0.2) is 24.7 Å². The first-order valence-corrected chi connectivity index (χ1v) is 4.94. The molecule has 0 aromatic carbocycles. The number of nitrogens with zero attached hydrogens (tertiary/aromatic N) is 3. The maximum atomic E-state index is 11.6. The summed E-state index contributed by atoms with van der Waals surface area (Å²) in [4.78, 5) is 11.6. The van der Waals surface area contributed by atoms with Crippen molar-refractivity contribution < 1.29 is 9.53 Å². The lowest BCUT2D eigenvalue weighted by atomic mass is 9.85. The molecule has 0 amide bonds. The van der Waals surface area contributed by atoms with Gasteiger partial charge in [0.2, 0.25) is 0 Å². The summed E-state index contributed by atoms with van der Waals surface area (Å²) in [5, 5.41) is 7.73. The second-order valence-electron chi connectivity index (χ2n) is 4.13. The molecule has 0 aliphatic rings. The summed E-state index contributed by atoms with van der Waals surface area (Å²) in [5.41, 5.74) is 0.900. The third kappa shape index (κ3) is 1.54. The van der Waals surface area contributed by atoms with E-state index in [4.69, 9.17) is 4.74 Å². The molecule has 0 unspecified atom stereocenters. The van der Waals surface area contributed by atoms with Crippen LogP contribution >= 0.6 is 0 Å². The zero-order valence-corrected chi connectivity index (χ0v) is 9.47. The third-order valence-corrected chi connectivity index (χ3v) is 2.72. The van der Waals surface area contributed by atoms with Gasteiger partial charge in [-0.1, -0.05) is 0 Å². The van der Waals surface area contributed by atoms with E-state index in [0.717, 1.165) is 11.2 Å². The molecule has 2 heterocycles. The number of carbonyl (C=O) groups excluding carboxylic acids is 1. The first-order valence-electron chi connectivity index (χ1n) is 4.94. The van der Waals surface area contributed by atoms with Crippen molar-refractivity contribution in [3.63, 3.8) is 0 Å². The molecule has 0 saturated heterocycles. The van der Waals surface area contributed by atoms with Gasteiger partial charge < -0.3 is 4.74 Å². The Bertz CT molecular complexity index is 531. The number of esters is 1. The molecule has 0 aliphatic heterocycles. The van der Waals surface area contributed by atoms with Crippen molar-refractivity contribution in [1.29, 1.82) is 0 Å². The number of hydrogen-bond acceptors (Lipinski definition) is 4. The molecule has 0 spiro atoms. The highest BCUT2D eigenvalue weighted by atomic mass is 16.5. The second kappa shape index (κ2) is 3.59. The normalized spacial score (nSPS) is 11.7. The number of hydrogen-bond donors (Lipinski definition) is 0. The molecule has 0 saturated carbocycles. The molecule has 5 nitrogen and oxygen atoms in total. The molecule has 5 heteroatoms. The summed E-state index contributed by atoms with van der Waals surface area (Å²) in [7, 11) is 1.39. The van der Waals surface area contributed by atoms with Crippen molar-refractivity contribution in [2.45, 2.75) is 19.3 Å². The van der Waals surface area contributed by atoms with Gasteiger partial charge in [-0.15, -0.1) is 10.2 Å². The van der Waals surface area contributed by atoms with Gasteiger partial charge in [0.25, 0.3) is 0 Å². The van der Waals surface area contributed by atoms with Crippen LogP contribution < -0.4 is 0 Å². The summed E-state index contributed by atoms with van der Waals surface area (Å²) in [5.74, 6) is -0.267. The van der Waals surface area contributed by atoms with E-state index in [1.165, 1.54) is 7.11 Å². The number of carbonyl (C=O) groups is 1. The van der Waals surface area contributed by atoms with Gasteiger partial charge in [0.05, 0.1) is 12.5 Å². The molecule has 2 rings (SSSR count). The zero-order chi connectivity index (χ0) is 11.8. The maximum Gasteiger partial charge on any atom is 0.315 e. The van der Waals surface area contributed by atoms with Crippen molar-refractivity contribution in [3.8, 4) is 0 Å². The lowest BCUT2D eigenvalue weighted by Gasteiger charge is -2.21. The average molecular weight is 219 g/mol. The minimum atomic E-state index is -0.678. The van der Waals surface area contributed by atoms with Gasteiger partial charge in [-0.05, 0) is 31.5 Å². The monoisotopic (exact) mass is 219 g/mol. The number of pyridine rings is 1. The Hall–Kier alpha value is -1.91. The predicted octanol–water partition coefficient (Wildman–Crippen LogP) is 1.18. The number of aromatic nitrogens is 3. The number of ether oxygens (including phenoxy) is 1. The summed E-state index contributed by atoms with van der Waals surface area (Å²) < 4.78 is 6.57. The molecule has 0 atom stereocenters. The Labute approximate surface area is 93.1 Å². The molecule has 2 aromatic heterocycles. The van der Waals surface area contributed by atoms with Crippen LogP contribution in [0.1, 0.15) is 19.4 Å². The molecule has 0 radical (unpaired) electrons. The van der Waals surface area contributed by atoms with Crippen LogP contribution in [0.2, 0.25) is 0 Å². The first kappa shape index (κ1) is 10.6. The van der Waals surface area contributed by atoms with Gasteiger partial charge in [-0.3, -0.25) is 9.20 Å². The highest BCUT2D eigenvalue weighted by molar-refractivity contribution is 5.82. The Morgan fingerprint density at radius 2 is 2.25 bits per heavy atom. The lowest BCUT2D eigenvalue weighted by Crippen LogP contribution is -2.30. The fourth-order valence-corrected chi connectivity index (χ4v) is 1.58. The number of fused-ring (bicyclic) bond motifs is 1. The highest BCUT2D eigenvalue weighted by Gasteiger charge is 2.31. The van der Waals surface area contributed by atoms with Gasteiger partial charge in [0, 0.05) is 6.20 Å². The smallest absolute Gasteiger partial charge is 0.315 e. The van der Waals surface area contributed by atoms with Crippen molar-refractivity contribution >= 4 is 11.6 Å². The van der Waals surface area contributed by atoms with Gasteiger partial charge in [0.1, 0.15) is 6.33 Å². The van der Waals surface area contributed by atoms with Crippen LogP contribution in [-0.4, -0.2) is 27.7 Å². The van der Waals surface area contributed by atoms with Gasteiger partial charge >= 0.3 is 5.97 Å². The summed E-state index contributed by atoms with van der Waals surface area (Å²) >= 11 is 0. The lowest BCUT2D eigenvalue weighted by molar-refractivity contribution is -0.146. The van der Waals surface area contributed by atoms with E-state index in [1.807, 2.05) is 32.2 Å². The van der Waals surface area contributed by atoms with E-state index >= 15 is 0 Å². The van der Waals surface area contributed by atoms with Crippen molar-refractivity contribution in [2.75, 3.05) is 7.11 Å². The Morgan fingerprint density at radius 1 is 1.50 bits per heavy atom. The SMILES string of the molecule is COC(=O)C(C)(C)c1ccn2cnnc2c1. The van der Waals surface area contributed by atoms with Crippen molar-refractivity contribution in [3.05, 3.63) is 30.2 Å². The minimum Gasteiger partial charge on any atom is -0.468 e. The fourth-order valence-electron chi connectivity index (χ4n) is 1.58. The Balaban J connectivity index is 2.50. The summed E-state index contributed by atoms with van der Waals surface area (Å²) in [6, 6.07) is 3.71. The standard InChI is InChI=1S/C11H13N3O2/c1-11(2,10(15)16-3)8-4-5-14-7-12-13-9(14)6-8/h4-7H,1-3H3. The minimum absolute atomic E-state index is 0.267. The predicted molar refractivity (Wildman–Crippen MR) is 58.0 cm³/mol. The van der Waals surface area contributed by atoms with E-state index in [0.29, 0.717) is 0 Å². The molecule has 2 aromatic rings. The maximum absolute atomic E-state index is 11.6. The molecule has 0 bridgehead atoms. The Kier molecular flexibility index (Phi) is 2.38. The highest BCUT2D eigenvalue weighted by Crippen LogP contribution is 2.25. The molecule has 16 heavy (non-hydrogen) atoms. The van der Waals surface area contributed by atoms with Crippen LogP contribution in [0, 0.1) is 0 Å². The van der Waals surface area contributed by atoms with Crippen molar-refractivity contribution in [1.82, 2.24) is 14.6 Å². The van der Waals surface area contributed by atoms with Crippen molar-refractivity contribution in [2.24, 2.45) is 0 Å². The van der Waals surface area contributed by atoms with Gasteiger partial charge in [-0.25, -0.2) is 0 Å². The van der Waals surface area contributed by atoms with Gasteiger partial charge in [0.15, 0.2) is 5.65 Å². The second-order valence-corrected chi connectivity index (χ2v) is 4.13. The molecule has 0 aliphatic carbocycles. The topological polar surface area (TPSA) is 56.5 Å². The first-order chi connectivity index (χ1) is 7.55. The van der Waals surface area contributed by atoms with Gasteiger partial charge in [-0.2, -0.15) is 0 Å². The van der Waals surface area contributed by atoms with E-state index in [-0.39, 0.29) is 5.97 Å². The van der Waals surface area contributed by atoms with E-state index in [1.54, 1.807) is 10.7 Å². The molecular formula is C11H13N3O2. The van der Waals surface area contributed by atoms with Crippen LogP contribution in [-0.2, 0) is 14.9 Å². The van der Waals surface area contributed by atoms with Crippen LogP contribution in [0.3, 0.4) is 0 Å². The van der Waals surface area contributed by atoms with Crippen LogP contribution in [0.4, 0.5) is 0 Å². The zero-order valence-electron chi connectivity index (χ0n) is 9.47. The summed E-state index contributed by atoms with van der Waals surface area (Å²) in [6.07, 6.45) is 3.44. The largest absolute Gasteiger partial charge is 0.468 e. The third-order valence-electron chi connectivity index (χ3n) is 2.72. The number of methoxy groups -OCH3 is 1. The molecule has 84 valence electrons. The molecule has 0 N–H and O–H groups in total. The average Bonchev–Trinajstić information content (AvgIpc) is 2.74. The number of rotatable bonds is 2. The van der Waals surface area contributed by atoms with Crippen LogP contribution in [0.5, 0.6) is 0 Å². The molecular weight excluding hydrogens is 206 g/mol. The molecule has 0 fully saturated rings. The van der Waals surface area contributed by atoms with E-state index < -0.39 is 5.41 Å². The fraction of sp³-hybridized carbons (Fsp3) is 0.364. The van der Waals surface area contributed by atoms with E-state index in [9.17, 15) is 4.79 Å². The van der Waals surface area contributed by atoms with E-state index in [2.05, 4.69) is 10.2 Å². The summed E-state index contributed by atoms with van der Waals surface area (Å²) in [6.45, 7) is 3.64. The quantitative estimate of drug-likeness (QED) is 0.712.